The van der Waals surface area contributed by atoms with Crippen molar-refractivity contribution >= 4 is 12.0 Å². The Morgan fingerprint density at radius 1 is 1.26 bits per heavy atom. The zero-order valence-corrected chi connectivity index (χ0v) is 15.1. The predicted octanol–water partition coefficient (Wildman–Crippen LogP) is 3.01. The van der Waals surface area contributed by atoms with Crippen molar-refractivity contribution in [3.63, 3.8) is 0 Å². The molecule has 0 amide bonds. The normalized spacial score (nSPS) is 15.2. The molecule has 1 atom stereocenters. The molecular weight excluding hydrogens is 338 g/mol. The third-order valence-electron chi connectivity index (χ3n) is 4.62. The highest BCUT2D eigenvalue weighted by Crippen LogP contribution is 2.26. The van der Waals surface area contributed by atoms with Crippen molar-refractivity contribution in [1.82, 2.24) is 25.2 Å². The van der Waals surface area contributed by atoms with E-state index >= 15 is 0 Å². The van der Waals surface area contributed by atoms with Crippen molar-refractivity contribution in [3.05, 3.63) is 78.1 Å². The van der Waals surface area contributed by atoms with E-state index < -0.39 is 0 Å². The van der Waals surface area contributed by atoms with Crippen molar-refractivity contribution < 1.29 is 4.79 Å². The van der Waals surface area contributed by atoms with E-state index in [1.807, 2.05) is 55.1 Å². The lowest BCUT2D eigenvalue weighted by atomic mass is 10.1. The van der Waals surface area contributed by atoms with Gasteiger partial charge in [0.25, 0.3) is 0 Å². The SMILES string of the molecule is CC(=O)c1cccc(-c2cnc3n2C=CNC3NCCc2cccnc2)c1. The quantitative estimate of drug-likeness (QED) is 0.662. The van der Waals surface area contributed by atoms with Crippen LogP contribution in [0.2, 0.25) is 0 Å². The molecule has 0 saturated heterocycles. The molecule has 1 aliphatic rings. The smallest absolute Gasteiger partial charge is 0.159 e. The zero-order chi connectivity index (χ0) is 18.6. The van der Waals surface area contributed by atoms with Crippen LogP contribution in [0.15, 0.2) is 61.2 Å². The van der Waals surface area contributed by atoms with Crippen LogP contribution in [0, 0.1) is 0 Å². The second-order valence-electron chi connectivity index (χ2n) is 6.49. The minimum Gasteiger partial charge on any atom is -0.368 e. The van der Waals surface area contributed by atoms with Gasteiger partial charge in [0.2, 0.25) is 0 Å². The molecule has 1 aliphatic heterocycles. The van der Waals surface area contributed by atoms with Gasteiger partial charge in [-0.15, -0.1) is 0 Å². The van der Waals surface area contributed by atoms with E-state index in [0.717, 1.165) is 30.0 Å². The fraction of sp³-hybridized carbons (Fsp3) is 0.190. The van der Waals surface area contributed by atoms with Crippen LogP contribution in [-0.4, -0.2) is 26.9 Å². The highest BCUT2D eigenvalue weighted by molar-refractivity contribution is 5.95. The molecule has 2 aromatic heterocycles. The molecule has 0 fully saturated rings. The van der Waals surface area contributed by atoms with Crippen LogP contribution in [0.4, 0.5) is 0 Å². The second kappa shape index (κ2) is 7.55. The average Bonchev–Trinajstić information content (AvgIpc) is 3.14. The molecule has 3 aromatic rings. The summed E-state index contributed by atoms with van der Waals surface area (Å²) in [6, 6.07) is 11.7. The van der Waals surface area contributed by atoms with Gasteiger partial charge in [0.05, 0.1) is 11.9 Å². The number of hydrogen-bond acceptors (Lipinski definition) is 5. The highest BCUT2D eigenvalue weighted by atomic mass is 16.1. The Kier molecular flexibility index (Phi) is 4.80. The number of hydrogen-bond donors (Lipinski definition) is 2. The van der Waals surface area contributed by atoms with Crippen LogP contribution >= 0.6 is 0 Å². The second-order valence-corrected chi connectivity index (χ2v) is 6.49. The van der Waals surface area contributed by atoms with Crippen LogP contribution in [-0.2, 0) is 6.42 Å². The van der Waals surface area contributed by atoms with Gasteiger partial charge in [-0.2, -0.15) is 0 Å². The Morgan fingerprint density at radius 3 is 3.00 bits per heavy atom. The van der Waals surface area contributed by atoms with Crippen LogP contribution in [0.1, 0.15) is 34.8 Å². The number of carbonyl (C=O) groups is 1. The molecule has 0 radical (unpaired) electrons. The Hall–Kier alpha value is -3.25. The molecule has 1 aromatic carbocycles. The maximum atomic E-state index is 11.7. The number of rotatable bonds is 6. The van der Waals surface area contributed by atoms with Crippen molar-refractivity contribution in [3.8, 4) is 11.3 Å². The summed E-state index contributed by atoms with van der Waals surface area (Å²) >= 11 is 0. The van der Waals surface area contributed by atoms with Crippen LogP contribution in [0.5, 0.6) is 0 Å². The largest absolute Gasteiger partial charge is 0.368 e. The molecule has 0 aliphatic carbocycles. The lowest BCUT2D eigenvalue weighted by Crippen LogP contribution is -2.36. The fourth-order valence-electron chi connectivity index (χ4n) is 3.20. The number of imidazole rings is 1. The highest BCUT2D eigenvalue weighted by Gasteiger charge is 2.21. The molecule has 27 heavy (non-hydrogen) atoms. The zero-order valence-electron chi connectivity index (χ0n) is 15.1. The third-order valence-corrected chi connectivity index (χ3v) is 4.62. The van der Waals surface area contributed by atoms with Gasteiger partial charge in [0, 0.05) is 42.5 Å². The standard InChI is InChI=1S/C21H21N5O/c1-15(27)17-5-2-6-18(12-17)19-14-25-21-20(24-10-11-26(19)21)23-9-7-16-4-3-8-22-13-16/h2-6,8,10-14,20,23-24H,7,9H2,1H3. The van der Waals surface area contributed by atoms with E-state index in [9.17, 15) is 4.79 Å². The molecule has 6 nitrogen and oxygen atoms in total. The molecule has 1 unspecified atom stereocenters. The number of nitrogens with zero attached hydrogens (tertiary/aromatic N) is 3. The molecule has 0 spiro atoms. The number of nitrogens with one attached hydrogen (secondary N) is 2. The number of ketones is 1. The summed E-state index contributed by atoms with van der Waals surface area (Å²) in [7, 11) is 0. The maximum Gasteiger partial charge on any atom is 0.159 e. The van der Waals surface area contributed by atoms with E-state index in [-0.39, 0.29) is 11.9 Å². The molecule has 0 bridgehead atoms. The summed E-state index contributed by atoms with van der Waals surface area (Å²) in [6.45, 7) is 2.39. The Bertz CT molecular complexity index is 977. The summed E-state index contributed by atoms with van der Waals surface area (Å²) in [6.07, 6.45) is 10.2. The summed E-state index contributed by atoms with van der Waals surface area (Å²) in [5.41, 5.74) is 3.83. The number of pyridine rings is 1. The van der Waals surface area contributed by atoms with E-state index in [2.05, 4.69) is 31.2 Å². The number of fused-ring (bicyclic) bond motifs is 1. The van der Waals surface area contributed by atoms with Crippen molar-refractivity contribution in [2.24, 2.45) is 0 Å². The van der Waals surface area contributed by atoms with Gasteiger partial charge in [0.1, 0.15) is 6.17 Å². The number of Topliss-reactive ketones (excluding diaryl/α,β-unsaturated/α-hetero) is 1. The lowest BCUT2D eigenvalue weighted by molar-refractivity contribution is 0.101. The lowest BCUT2D eigenvalue weighted by Gasteiger charge is -2.23. The average molecular weight is 359 g/mol. The Morgan fingerprint density at radius 2 is 2.19 bits per heavy atom. The van der Waals surface area contributed by atoms with Gasteiger partial charge in [0.15, 0.2) is 11.6 Å². The summed E-state index contributed by atoms with van der Waals surface area (Å²) in [5.74, 6) is 0.953. The monoisotopic (exact) mass is 359 g/mol. The van der Waals surface area contributed by atoms with Crippen molar-refractivity contribution in [2.75, 3.05) is 6.54 Å². The van der Waals surface area contributed by atoms with E-state index in [4.69, 9.17) is 0 Å². The van der Waals surface area contributed by atoms with Gasteiger partial charge in [-0.3, -0.25) is 19.7 Å². The fourth-order valence-corrected chi connectivity index (χ4v) is 3.20. The van der Waals surface area contributed by atoms with Gasteiger partial charge in [-0.25, -0.2) is 4.98 Å². The molecule has 4 rings (SSSR count). The molecule has 2 N–H and O–H groups in total. The molecule has 0 saturated carbocycles. The van der Waals surface area contributed by atoms with E-state index in [1.54, 1.807) is 13.1 Å². The van der Waals surface area contributed by atoms with Gasteiger partial charge in [-0.05, 0) is 31.0 Å². The first-order chi connectivity index (χ1) is 13.2. The molecule has 136 valence electrons. The first-order valence-electron chi connectivity index (χ1n) is 8.96. The molecule has 3 heterocycles. The Balaban J connectivity index is 1.52. The minimum atomic E-state index is -0.0728. The van der Waals surface area contributed by atoms with E-state index in [0.29, 0.717) is 5.56 Å². The Labute approximate surface area is 158 Å². The maximum absolute atomic E-state index is 11.7. The predicted molar refractivity (Wildman–Crippen MR) is 105 cm³/mol. The van der Waals surface area contributed by atoms with Crippen LogP contribution in [0.25, 0.3) is 17.5 Å². The van der Waals surface area contributed by atoms with Gasteiger partial charge in [-0.1, -0.05) is 24.3 Å². The van der Waals surface area contributed by atoms with Gasteiger partial charge < -0.3 is 5.32 Å². The van der Waals surface area contributed by atoms with Crippen molar-refractivity contribution in [1.29, 1.82) is 0 Å². The van der Waals surface area contributed by atoms with Crippen molar-refractivity contribution in [2.45, 2.75) is 19.5 Å². The summed E-state index contributed by atoms with van der Waals surface area (Å²) in [5, 5.41) is 6.80. The molecule has 6 heteroatoms. The first kappa shape index (κ1) is 17.2. The number of carbonyl (C=O) groups excluding carboxylic acids is 1. The summed E-state index contributed by atoms with van der Waals surface area (Å²) in [4.78, 5) is 20.4. The summed E-state index contributed by atoms with van der Waals surface area (Å²) < 4.78 is 2.05. The van der Waals surface area contributed by atoms with Gasteiger partial charge >= 0.3 is 0 Å². The first-order valence-corrected chi connectivity index (χ1v) is 8.96. The van der Waals surface area contributed by atoms with Crippen LogP contribution in [0.3, 0.4) is 0 Å². The number of benzene rings is 1. The number of aromatic nitrogens is 3. The molecular formula is C21H21N5O. The van der Waals surface area contributed by atoms with E-state index in [1.165, 1.54) is 5.56 Å². The topological polar surface area (TPSA) is 71.8 Å². The third kappa shape index (κ3) is 3.66. The van der Waals surface area contributed by atoms with Crippen LogP contribution < -0.4 is 10.6 Å². The minimum absolute atomic E-state index is 0.0578.